The maximum absolute atomic E-state index is 14.4. The molecule has 8 atom stereocenters. The molecule has 22 heteroatoms. The number of carbonyl (C=O) groups excluding carboxylic acids is 6. The van der Waals surface area contributed by atoms with E-state index in [-0.39, 0.29) is 49.5 Å². The van der Waals surface area contributed by atoms with Gasteiger partial charge in [-0.3, -0.25) is 33.5 Å². The second kappa shape index (κ2) is 28.7. The van der Waals surface area contributed by atoms with Crippen molar-refractivity contribution in [3.05, 3.63) is 35.9 Å². The monoisotopic (exact) mass is 1010 g/mol. The fraction of sp³-hybridized carbons (Fsp3) is 0.729. The van der Waals surface area contributed by atoms with E-state index in [1.54, 1.807) is 74.9 Å². The maximum Gasteiger partial charge on any atom is 0.431 e. The predicted molar refractivity (Wildman–Crippen MR) is 267 cm³/mol. The van der Waals surface area contributed by atoms with Crippen molar-refractivity contribution in [1.82, 2.24) is 40.4 Å². The first-order chi connectivity index (χ1) is 32.7. The van der Waals surface area contributed by atoms with E-state index in [1.165, 1.54) is 14.2 Å². The van der Waals surface area contributed by atoms with Gasteiger partial charge in [-0.05, 0) is 57.4 Å². The van der Waals surface area contributed by atoms with E-state index in [0.29, 0.717) is 37.3 Å². The van der Waals surface area contributed by atoms with Crippen LogP contribution < -0.4 is 20.8 Å². The summed E-state index contributed by atoms with van der Waals surface area (Å²) >= 11 is 0. The second-order valence-corrected chi connectivity index (χ2v) is 21.5. The lowest BCUT2D eigenvalue weighted by molar-refractivity contribution is -0.146. The zero-order chi connectivity index (χ0) is 53.1. The van der Waals surface area contributed by atoms with Crippen molar-refractivity contribution in [3.63, 3.8) is 0 Å². The number of rotatable bonds is 26. The average molecular weight is 1010 g/mol. The van der Waals surface area contributed by atoms with Crippen molar-refractivity contribution in [2.45, 2.75) is 136 Å². The van der Waals surface area contributed by atoms with Gasteiger partial charge in [0.2, 0.25) is 33.7 Å². The molecular weight excluding hydrogens is 927 g/mol. The molecule has 0 aliphatic carbocycles. The highest BCUT2D eigenvalue weighted by atomic mass is 32.2. The Kier molecular flexibility index (Phi) is 25.0. The lowest BCUT2D eigenvalue weighted by Gasteiger charge is -2.40. The van der Waals surface area contributed by atoms with Gasteiger partial charge in [0.1, 0.15) is 17.7 Å². The Morgan fingerprint density at radius 2 is 1.54 bits per heavy atom. The summed E-state index contributed by atoms with van der Waals surface area (Å²) in [6.07, 6.45) is -0.656. The van der Waals surface area contributed by atoms with Crippen molar-refractivity contribution < 1.29 is 56.2 Å². The molecule has 70 heavy (non-hydrogen) atoms. The average Bonchev–Trinajstić information content (AvgIpc) is 3.76. The number of hydrogen-bond donors (Lipinski definition) is 4. The molecule has 1 aliphatic heterocycles. The van der Waals surface area contributed by atoms with Crippen LogP contribution in [0.15, 0.2) is 35.3 Å². The normalized spacial score (nSPS) is 16.9. The molecule has 1 heterocycles. The summed E-state index contributed by atoms with van der Waals surface area (Å²) in [4.78, 5) is 97.2. The fourth-order valence-corrected chi connectivity index (χ4v) is 9.47. The number of carbonyl (C=O) groups is 6. The number of amides is 6. The Morgan fingerprint density at radius 1 is 0.914 bits per heavy atom. The number of nitrogens with zero attached hydrogens (tertiary/aromatic N) is 5. The first-order valence-corrected chi connectivity index (χ1v) is 25.6. The van der Waals surface area contributed by atoms with E-state index in [1.807, 2.05) is 71.2 Å². The van der Waals surface area contributed by atoms with Crippen molar-refractivity contribution in [2.24, 2.45) is 22.7 Å². The molecule has 0 aromatic heterocycles. The molecule has 1 aromatic carbocycles. The van der Waals surface area contributed by atoms with Gasteiger partial charge < -0.3 is 44.4 Å². The second-order valence-electron chi connectivity index (χ2n) is 19.6. The van der Waals surface area contributed by atoms with E-state index in [9.17, 15) is 37.2 Å². The van der Waals surface area contributed by atoms with Gasteiger partial charge in [0.05, 0.1) is 42.4 Å². The molecule has 2 rings (SSSR count). The smallest absolute Gasteiger partial charge is 0.431 e. The lowest BCUT2D eigenvalue weighted by Crippen LogP contribution is -2.56. The van der Waals surface area contributed by atoms with E-state index in [4.69, 9.17) is 24.0 Å². The number of nitrogens with one attached hydrogen (secondary N) is 4. The topological polar surface area (TPSA) is 247 Å². The minimum Gasteiger partial charge on any atom is -0.442 e. The SMILES string of the molecule is CC[C@H](C)[C@@H]([C@@H](CC(=O)N1CCC[C@H]1[C@H](OC)[C@@H](C)C(=O)N[C@@H](Cc1ccccc1)C(=O)NS(=O)(=O)CCCNC(=O)CONC(=O)OC(C)(C)C)OC)N(C)C(=O)C(N=C(N(C)C)N(C)C)C(C)C. The summed E-state index contributed by atoms with van der Waals surface area (Å²) in [7, 11) is 7.98. The van der Waals surface area contributed by atoms with Crippen LogP contribution >= 0.6 is 0 Å². The van der Waals surface area contributed by atoms with Crippen LogP contribution in [0.5, 0.6) is 0 Å². The molecule has 21 nitrogen and oxygen atoms in total. The molecule has 0 saturated carbocycles. The standard InChI is InChI=1S/C48H83N9O12S/c1-16-32(4)41(56(13)45(62)40(31(2)3)51-46(54(9)10)55(11)12)37(66-14)29-39(59)57-26-20-24-36(57)42(67-15)33(5)43(60)50-35(28-34-22-18-17-19-23-34)44(61)53-70(64,65)27-21-25-49-38(58)30-68-52-47(63)69-48(6,7)8/h17-19,22-23,31-33,35-37,40-42H,16,20-21,24-30H2,1-15H3,(H,49,58)(H,50,60)(H,52,63)(H,53,61)/t32-,33+,35-,36-,37+,40?,41-,42+/m0/s1. The Hall–Kier alpha value is -5.06. The van der Waals surface area contributed by atoms with E-state index in [2.05, 4.69) is 15.4 Å². The number of likely N-dealkylation sites (tertiary alicyclic amines) is 1. The number of aliphatic imine (C=N–C) groups is 1. The van der Waals surface area contributed by atoms with Crippen LogP contribution in [0.4, 0.5) is 4.79 Å². The maximum atomic E-state index is 14.4. The van der Waals surface area contributed by atoms with Crippen LogP contribution in [0, 0.1) is 17.8 Å². The Morgan fingerprint density at radius 3 is 2.09 bits per heavy atom. The number of methoxy groups -OCH3 is 2. The Bertz CT molecular complexity index is 1990. The van der Waals surface area contributed by atoms with Crippen LogP contribution in [-0.4, -0.2) is 186 Å². The van der Waals surface area contributed by atoms with Crippen molar-refractivity contribution in [1.29, 1.82) is 0 Å². The molecule has 0 spiro atoms. The molecule has 1 saturated heterocycles. The molecule has 1 aliphatic rings. The molecule has 1 aromatic rings. The van der Waals surface area contributed by atoms with Crippen LogP contribution in [0.1, 0.15) is 93.1 Å². The van der Waals surface area contributed by atoms with Crippen LogP contribution in [0.3, 0.4) is 0 Å². The minimum atomic E-state index is -4.24. The minimum absolute atomic E-state index is 0.0385. The van der Waals surface area contributed by atoms with Gasteiger partial charge in [-0.15, -0.1) is 0 Å². The third kappa shape index (κ3) is 19.6. The number of sulfonamides is 1. The molecule has 0 bridgehead atoms. The Balaban J connectivity index is 2.23. The first-order valence-electron chi connectivity index (χ1n) is 24.0. The van der Waals surface area contributed by atoms with Gasteiger partial charge >= 0.3 is 6.09 Å². The summed E-state index contributed by atoms with van der Waals surface area (Å²) in [5, 5.41) is 5.22. The number of hydrogen-bond acceptors (Lipinski definition) is 13. The van der Waals surface area contributed by atoms with Crippen molar-refractivity contribution >= 4 is 51.6 Å². The third-order valence-electron chi connectivity index (χ3n) is 12.0. The van der Waals surface area contributed by atoms with Gasteiger partial charge in [0.15, 0.2) is 12.6 Å². The van der Waals surface area contributed by atoms with Crippen molar-refractivity contribution in [3.8, 4) is 0 Å². The van der Waals surface area contributed by atoms with Gasteiger partial charge in [-0.1, -0.05) is 71.4 Å². The number of guanidine groups is 1. The molecular formula is C48H83N9O12S. The number of benzene rings is 1. The van der Waals surface area contributed by atoms with Crippen molar-refractivity contribution in [2.75, 3.05) is 74.9 Å². The molecule has 1 unspecified atom stereocenters. The number of hydroxylamine groups is 1. The quantitative estimate of drug-likeness (QED) is 0.0451. The predicted octanol–water partition coefficient (Wildman–Crippen LogP) is 2.55. The van der Waals surface area contributed by atoms with Crippen LogP contribution in [0.25, 0.3) is 0 Å². The summed E-state index contributed by atoms with van der Waals surface area (Å²) in [5.41, 5.74) is 1.87. The first kappa shape index (κ1) is 61.1. The number of ether oxygens (including phenoxy) is 3. The molecule has 1 fully saturated rings. The largest absolute Gasteiger partial charge is 0.442 e. The summed E-state index contributed by atoms with van der Waals surface area (Å²) in [6.45, 7) is 14.3. The lowest BCUT2D eigenvalue weighted by atomic mass is 9.89. The van der Waals surface area contributed by atoms with E-state index < -0.39 is 94.1 Å². The van der Waals surface area contributed by atoms with Crippen LogP contribution in [0.2, 0.25) is 0 Å². The van der Waals surface area contributed by atoms with Crippen LogP contribution in [-0.2, 0) is 59.5 Å². The van der Waals surface area contributed by atoms with Gasteiger partial charge in [-0.2, -0.15) is 5.48 Å². The summed E-state index contributed by atoms with van der Waals surface area (Å²) in [6, 6.07) is 5.77. The van der Waals surface area contributed by atoms with E-state index >= 15 is 0 Å². The zero-order valence-corrected chi connectivity index (χ0v) is 45.0. The summed E-state index contributed by atoms with van der Waals surface area (Å²) in [5.74, 6) is -3.58. The molecule has 398 valence electrons. The zero-order valence-electron chi connectivity index (χ0n) is 44.2. The van der Waals surface area contributed by atoms with E-state index in [0.717, 1.165) is 0 Å². The molecule has 6 amide bonds. The summed E-state index contributed by atoms with van der Waals surface area (Å²) < 4.78 is 45.3. The van der Waals surface area contributed by atoms with Gasteiger partial charge in [0.25, 0.3) is 5.91 Å². The highest BCUT2D eigenvalue weighted by molar-refractivity contribution is 7.90. The highest BCUT2D eigenvalue weighted by Gasteiger charge is 2.43. The molecule has 0 radical (unpaired) electrons. The van der Waals surface area contributed by atoms with Gasteiger partial charge in [-0.25, -0.2) is 18.2 Å². The molecule has 4 N–H and O–H groups in total. The number of likely N-dealkylation sites (N-methyl/N-ethyl adjacent to an activating group) is 1. The third-order valence-corrected chi connectivity index (χ3v) is 13.4. The Labute approximate surface area is 416 Å². The fourth-order valence-electron chi connectivity index (χ4n) is 8.40. The van der Waals surface area contributed by atoms with Gasteiger partial charge in [0, 0.05) is 69.0 Å². The highest BCUT2D eigenvalue weighted by Crippen LogP contribution is 2.30.